The van der Waals surface area contributed by atoms with Gasteiger partial charge in [-0.15, -0.1) is 0 Å². The first kappa shape index (κ1) is 13.7. The molecule has 0 aliphatic carbocycles. The fourth-order valence-corrected chi connectivity index (χ4v) is 2.68. The van der Waals surface area contributed by atoms with Gasteiger partial charge in [0.25, 0.3) is 0 Å². The molecule has 1 aromatic heterocycles. The number of ketones is 1. The summed E-state index contributed by atoms with van der Waals surface area (Å²) >= 11 is 1.39. The molecule has 0 radical (unpaired) electrons. The van der Waals surface area contributed by atoms with Crippen molar-refractivity contribution in [1.82, 2.24) is 9.97 Å². The molecule has 1 aromatic carbocycles. The van der Waals surface area contributed by atoms with E-state index in [-0.39, 0.29) is 5.78 Å². The molecule has 2 rings (SSSR count). The first-order valence-corrected chi connectivity index (χ1v) is 7.09. The second-order valence-corrected chi connectivity index (χ2v) is 5.40. The third-order valence-electron chi connectivity index (χ3n) is 2.74. The van der Waals surface area contributed by atoms with Crippen molar-refractivity contribution in [3.05, 3.63) is 52.8 Å². The van der Waals surface area contributed by atoms with E-state index in [2.05, 4.69) is 9.97 Å². The van der Waals surface area contributed by atoms with Crippen LogP contribution >= 0.6 is 11.8 Å². The van der Waals surface area contributed by atoms with Gasteiger partial charge in [0.15, 0.2) is 10.9 Å². The largest absolute Gasteiger partial charge is 0.293 e. The minimum absolute atomic E-state index is 0.117. The van der Waals surface area contributed by atoms with Gasteiger partial charge in [-0.3, -0.25) is 4.79 Å². The number of hydrogen-bond donors (Lipinski definition) is 0. The van der Waals surface area contributed by atoms with Crippen LogP contribution < -0.4 is 0 Å². The van der Waals surface area contributed by atoms with Gasteiger partial charge < -0.3 is 0 Å². The highest BCUT2D eigenvalue weighted by atomic mass is 32.2. The molecule has 3 nitrogen and oxygen atoms in total. The Morgan fingerprint density at radius 3 is 2.37 bits per heavy atom. The number of aryl methyl sites for hydroxylation is 3. The Kier molecular flexibility index (Phi) is 4.32. The number of nitrogens with zero attached hydrogens (tertiary/aromatic N) is 2. The molecule has 0 saturated carbocycles. The standard InChI is InChI=1S/C15H16N2OS/c1-10-6-4-5-7-13(10)14(18)9-19-15-16-11(2)8-12(3)17-15/h4-8H,9H2,1-3H3. The molecular weight excluding hydrogens is 256 g/mol. The van der Waals surface area contributed by atoms with Gasteiger partial charge in [-0.05, 0) is 32.4 Å². The van der Waals surface area contributed by atoms with Crippen LogP contribution in [0, 0.1) is 20.8 Å². The Morgan fingerprint density at radius 2 is 1.74 bits per heavy atom. The molecule has 2 aromatic rings. The Bertz CT molecular complexity index is 591. The highest BCUT2D eigenvalue weighted by molar-refractivity contribution is 7.99. The molecule has 0 spiro atoms. The summed E-state index contributed by atoms with van der Waals surface area (Å²) in [5, 5.41) is 0.666. The third kappa shape index (κ3) is 3.64. The van der Waals surface area contributed by atoms with Gasteiger partial charge in [0, 0.05) is 17.0 Å². The van der Waals surface area contributed by atoms with Gasteiger partial charge in [0.2, 0.25) is 0 Å². The summed E-state index contributed by atoms with van der Waals surface area (Å²) in [5.74, 6) is 0.485. The van der Waals surface area contributed by atoms with Gasteiger partial charge >= 0.3 is 0 Å². The monoisotopic (exact) mass is 272 g/mol. The highest BCUT2D eigenvalue weighted by Crippen LogP contribution is 2.17. The summed E-state index contributed by atoms with van der Waals surface area (Å²) in [6.45, 7) is 5.81. The maximum atomic E-state index is 12.1. The molecule has 0 fully saturated rings. The van der Waals surface area contributed by atoms with Crippen LogP contribution in [0.15, 0.2) is 35.5 Å². The van der Waals surface area contributed by atoms with Crippen molar-refractivity contribution in [1.29, 1.82) is 0 Å². The smallest absolute Gasteiger partial charge is 0.188 e. The van der Waals surface area contributed by atoms with Crippen LogP contribution in [0.5, 0.6) is 0 Å². The van der Waals surface area contributed by atoms with E-state index in [4.69, 9.17) is 0 Å². The number of Topliss-reactive ketones (excluding diaryl/α,β-unsaturated/α-hetero) is 1. The van der Waals surface area contributed by atoms with Crippen molar-refractivity contribution < 1.29 is 4.79 Å². The van der Waals surface area contributed by atoms with E-state index >= 15 is 0 Å². The summed E-state index contributed by atoms with van der Waals surface area (Å²) in [6.07, 6.45) is 0. The predicted octanol–water partition coefficient (Wildman–Crippen LogP) is 3.38. The number of benzene rings is 1. The van der Waals surface area contributed by atoms with E-state index in [0.29, 0.717) is 10.9 Å². The van der Waals surface area contributed by atoms with E-state index in [0.717, 1.165) is 22.5 Å². The van der Waals surface area contributed by atoms with Crippen molar-refractivity contribution in [2.75, 3.05) is 5.75 Å². The molecule has 0 saturated heterocycles. The lowest BCUT2D eigenvalue weighted by molar-refractivity contribution is 0.102. The first-order valence-electron chi connectivity index (χ1n) is 6.10. The lowest BCUT2D eigenvalue weighted by Crippen LogP contribution is -2.05. The number of aromatic nitrogens is 2. The minimum Gasteiger partial charge on any atom is -0.293 e. The molecular formula is C15H16N2OS. The molecule has 0 amide bonds. The quantitative estimate of drug-likeness (QED) is 0.486. The molecule has 0 N–H and O–H groups in total. The number of rotatable bonds is 4. The number of thioether (sulfide) groups is 1. The molecule has 0 aliphatic heterocycles. The van der Waals surface area contributed by atoms with Crippen molar-refractivity contribution in [2.45, 2.75) is 25.9 Å². The maximum absolute atomic E-state index is 12.1. The first-order chi connectivity index (χ1) is 9.06. The summed E-state index contributed by atoms with van der Waals surface area (Å²) in [6, 6.07) is 9.56. The molecule has 1 heterocycles. The highest BCUT2D eigenvalue weighted by Gasteiger charge is 2.10. The van der Waals surface area contributed by atoms with Gasteiger partial charge in [0.05, 0.1) is 5.75 Å². The molecule has 4 heteroatoms. The van der Waals surface area contributed by atoms with Crippen LogP contribution in [0.1, 0.15) is 27.3 Å². The second-order valence-electron chi connectivity index (χ2n) is 4.46. The lowest BCUT2D eigenvalue weighted by Gasteiger charge is -2.05. The summed E-state index contributed by atoms with van der Waals surface area (Å²) in [5.41, 5.74) is 3.64. The number of hydrogen-bond acceptors (Lipinski definition) is 4. The fraction of sp³-hybridized carbons (Fsp3) is 0.267. The zero-order valence-corrected chi connectivity index (χ0v) is 12.1. The molecule has 0 atom stereocenters. The number of carbonyl (C=O) groups excluding carboxylic acids is 1. The molecule has 98 valence electrons. The lowest BCUT2D eigenvalue weighted by atomic mass is 10.1. The number of carbonyl (C=O) groups is 1. The van der Waals surface area contributed by atoms with E-state index in [1.807, 2.05) is 51.1 Å². The molecule has 0 unspecified atom stereocenters. The average molecular weight is 272 g/mol. The Hall–Kier alpha value is -1.68. The Labute approximate surface area is 117 Å². The minimum atomic E-state index is 0.117. The van der Waals surface area contributed by atoms with E-state index < -0.39 is 0 Å². The average Bonchev–Trinajstić information content (AvgIpc) is 2.35. The Balaban J connectivity index is 2.07. The van der Waals surface area contributed by atoms with Gasteiger partial charge in [0.1, 0.15) is 0 Å². The SMILES string of the molecule is Cc1cc(C)nc(SCC(=O)c2ccccc2C)n1. The van der Waals surface area contributed by atoms with E-state index in [1.165, 1.54) is 11.8 Å². The van der Waals surface area contributed by atoms with Crippen LogP contribution in [0.3, 0.4) is 0 Å². The van der Waals surface area contributed by atoms with Crippen LogP contribution in [0.4, 0.5) is 0 Å². The van der Waals surface area contributed by atoms with Crippen LogP contribution in [0.2, 0.25) is 0 Å². The summed E-state index contributed by atoms with van der Waals surface area (Å²) < 4.78 is 0. The van der Waals surface area contributed by atoms with Crippen LogP contribution in [-0.2, 0) is 0 Å². The van der Waals surface area contributed by atoms with Gasteiger partial charge in [-0.2, -0.15) is 0 Å². The zero-order chi connectivity index (χ0) is 13.8. The van der Waals surface area contributed by atoms with Crippen LogP contribution in [-0.4, -0.2) is 21.5 Å². The Morgan fingerprint density at radius 1 is 1.11 bits per heavy atom. The van der Waals surface area contributed by atoms with Crippen LogP contribution in [0.25, 0.3) is 0 Å². The normalized spacial score (nSPS) is 10.5. The van der Waals surface area contributed by atoms with E-state index in [1.54, 1.807) is 0 Å². The topological polar surface area (TPSA) is 42.9 Å². The third-order valence-corrected chi connectivity index (χ3v) is 3.59. The predicted molar refractivity (Wildman–Crippen MR) is 77.7 cm³/mol. The molecule has 19 heavy (non-hydrogen) atoms. The second kappa shape index (κ2) is 5.97. The van der Waals surface area contributed by atoms with Crippen molar-refractivity contribution >= 4 is 17.5 Å². The molecule has 0 aliphatic rings. The maximum Gasteiger partial charge on any atom is 0.188 e. The van der Waals surface area contributed by atoms with E-state index in [9.17, 15) is 4.79 Å². The molecule has 0 bridgehead atoms. The van der Waals surface area contributed by atoms with Gasteiger partial charge in [-0.1, -0.05) is 36.0 Å². The van der Waals surface area contributed by atoms with Crippen molar-refractivity contribution in [3.63, 3.8) is 0 Å². The van der Waals surface area contributed by atoms with Crippen molar-refractivity contribution in [3.8, 4) is 0 Å². The van der Waals surface area contributed by atoms with Gasteiger partial charge in [-0.25, -0.2) is 9.97 Å². The summed E-state index contributed by atoms with van der Waals surface area (Å²) in [7, 11) is 0. The zero-order valence-electron chi connectivity index (χ0n) is 11.3. The fourth-order valence-electron chi connectivity index (χ4n) is 1.85. The summed E-state index contributed by atoms with van der Waals surface area (Å²) in [4.78, 5) is 20.8. The van der Waals surface area contributed by atoms with Crippen molar-refractivity contribution in [2.24, 2.45) is 0 Å².